The average Bonchev–Trinajstić information content (AvgIpc) is 3.21. The van der Waals surface area contributed by atoms with Crippen molar-refractivity contribution >= 4 is 11.7 Å². The van der Waals surface area contributed by atoms with Crippen LogP contribution in [0.3, 0.4) is 0 Å². The molecule has 3 aliphatic heterocycles. The second-order valence-corrected chi connectivity index (χ2v) is 7.77. The first-order valence-corrected chi connectivity index (χ1v) is 9.20. The van der Waals surface area contributed by atoms with Gasteiger partial charge in [-0.15, -0.1) is 0 Å². The highest BCUT2D eigenvalue weighted by atomic mass is 16.2. The van der Waals surface area contributed by atoms with Crippen LogP contribution in [0, 0.1) is 5.41 Å². The van der Waals surface area contributed by atoms with Crippen molar-refractivity contribution in [2.45, 2.75) is 32.1 Å². The van der Waals surface area contributed by atoms with E-state index >= 15 is 0 Å². The minimum atomic E-state index is 0.0714. The van der Waals surface area contributed by atoms with E-state index in [0.29, 0.717) is 11.1 Å². The van der Waals surface area contributed by atoms with Gasteiger partial charge in [-0.25, -0.2) is 9.97 Å². The molecule has 3 aliphatic rings. The molecule has 0 radical (unpaired) electrons. The molecular weight excluding hydrogens is 302 g/mol. The average molecular weight is 329 g/mol. The van der Waals surface area contributed by atoms with Crippen LogP contribution in [-0.2, 0) is 0 Å². The van der Waals surface area contributed by atoms with Crippen molar-refractivity contribution in [3.63, 3.8) is 0 Å². The quantitative estimate of drug-likeness (QED) is 0.825. The van der Waals surface area contributed by atoms with Crippen molar-refractivity contribution in [3.05, 3.63) is 18.1 Å². The van der Waals surface area contributed by atoms with Gasteiger partial charge in [0.1, 0.15) is 17.8 Å². The molecule has 1 atom stereocenters. The second-order valence-electron chi connectivity index (χ2n) is 7.77. The Morgan fingerprint density at radius 3 is 2.58 bits per heavy atom. The lowest BCUT2D eigenvalue weighted by Gasteiger charge is -2.28. The van der Waals surface area contributed by atoms with Gasteiger partial charge in [0.2, 0.25) is 0 Å². The van der Waals surface area contributed by atoms with Crippen molar-refractivity contribution < 1.29 is 4.79 Å². The third kappa shape index (κ3) is 2.99. The molecule has 6 nitrogen and oxygen atoms in total. The van der Waals surface area contributed by atoms with Gasteiger partial charge in [0.05, 0.1) is 0 Å². The van der Waals surface area contributed by atoms with E-state index in [2.05, 4.69) is 26.8 Å². The first kappa shape index (κ1) is 15.8. The number of hydrogen-bond donors (Lipinski definition) is 0. The largest absolute Gasteiger partial charge is 0.357 e. The Balaban J connectivity index is 1.47. The van der Waals surface area contributed by atoms with Crippen LogP contribution in [0.25, 0.3) is 0 Å². The van der Waals surface area contributed by atoms with Crippen molar-refractivity contribution in [1.29, 1.82) is 0 Å². The Kier molecular flexibility index (Phi) is 4.16. The summed E-state index contributed by atoms with van der Waals surface area (Å²) in [5.41, 5.74) is 0.863. The van der Waals surface area contributed by atoms with E-state index in [1.807, 2.05) is 11.0 Å². The minimum absolute atomic E-state index is 0.0714. The summed E-state index contributed by atoms with van der Waals surface area (Å²) in [5, 5.41) is 0. The molecule has 6 heteroatoms. The van der Waals surface area contributed by atoms with Crippen LogP contribution in [0.2, 0.25) is 0 Å². The Labute approximate surface area is 143 Å². The first-order chi connectivity index (χ1) is 11.7. The van der Waals surface area contributed by atoms with Crippen LogP contribution in [0.4, 0.5) is 5.82 Å². The monoisotopic (exact) mass is 329 g/mol. The molecule has 1 unspecified atom stereocenters. The molecule has 24 heavy (non-hydrogen) atoms. The summed E-state index contributed by atoms with van der Waals surface area (Å²) in [6, 6.07) is 1.89. The molecule has 3 saturated heterocycles. The fraction of sp³-hybridized carbons (Fsp3) is 0.722. The van der Waals surface area contributed by atoms with Gasteiger partial charge in [0, 0.05) is 44.2 Å². The summed E-state index contributed by atoms with van der Waals surface area (Å²) in [6.45, 7) is 6.05. The van der Waals surface area contributed by atoms with Crippen molar-refractivity contribution in [3.8, 4) is 0 Å². The highest BCUT2D eigenvalue weighted by Gasteiger charge is 2.44. The zero-order chi connectivity index (χ0) is 16.6. The molecule has 0 aromatic carbocycles. The summed E-state index contributed by atoms with van der Waals surface area (Å²) >= 11 is 0. The molecular formula is C18H27N5O. The molecule has 0 aliphatic carbocycles. The zero-order valence-corrected chi connectivity index (χ0v) is 14.6. The fourth-order valence-electron chi connectivity index (χ4n) is 4.52. The molecule has 3 fully saturated rings. The smallest absolute Gasteiger partial charge is 0.272 e. The van der Waals surface area contributed by atoms with Crippen LogP contribution in [0.15, 0.2) is 12.4 Å². The number of amides is 1. The molecule has 4 heterocycles. The van der Waals surface area contributed by atoms with Crippen LogP contribution in [0.1, 0.15) is 42.6 Å². The molecule has 1 amide bonds. The van der Waals surface area contributed by atoms with Gasteiger partial charge in [-0.2, -0.15) is 0 Å². The Bertz CT molecular complexity index is 615. The summed E-state index contributed by atoms with van der Waals surface area (Å²) < 4.78 is 0. The van der Waals surface area contributed by atoms with Crippen LogP contribution >= 0.6 is 0 Å². The van der Waals surface area contributed by atoms with Gasteiger partial charge in [-0.1, -0.05) is 0 Å². The summed E-state index contributed by atoms with van der Waals surface area (Å²) in [6.07, 6.45) is 7.57. The van der Waals surface area contributed by atoms with E-state index in [1.54, 1.807) is 6.33 Å². The lowest BCUT2D eigenvalue weighted by atomic mass is 9.86. The zero-order valence-electron chi connectivity index (χ0n) is 14.6. The number of carbonyl (C=O) groups is 1. The van der Waals surface area contributed by atoms with Gasteiger partial charge in [0.15, 0.2) is 0 Å². The predicted octanol–water partition coefficient (Wildman–Crippen LogP) is 1.63. The van der Waals surface area contributed by atoms with Crippen molar-refractivity contribution in [2.24, 2.45) is 5.41 Å². The number of carbonyl (C=O) groups excluding carboxylic acids is 1. The number of nitrogens with zero attached hydrogens (tertiary/aromatic N) is 5. The lowest BCUT2D eigenvalue weighted by molar-refractivity contribution is 0.0768. The van der Waals surface area contributed by atoms with Gasteiger partial charge in [-0.05, 0) is 45.7 Å². The Hall–Kier alpha value is -1.69. The van der Waals surface area contributed by atoms with Crippen molar-refractivity contribution in [1.82, 2.24) is 19.8 Å². The van der Waals surface area contributed by atoms with Crippen LogP contribution < -0.4 is 4.90 Å². The van der Waals surface area contributed by atoms with Gasteiger partial charge >= 0.3 is 0 Å². The lowest BCUT2D eigenvalue weighted by Crippen LogP contribution is -2.34. The molecule has 1 spiro atoms. The van der Waals surface area contributed by atoms with Crippen molar-refractivity contribution in [2.75, 3.05) is 51.2 Å². The number of anilines is 1. The van der Waals surface area contributed by atoms with E-state index in [-0.39, 0.29) is 5.91 Å². The predicted molar refractivity (Wildman–Crippen MR) is 93.2 cm³/mol. The van der Waals surface area contributed by atoms with E-state index in [9.17, 15) is 4.79 Å². The highest BCUT2D eigenvalue weighted by molar-refractivity contribution is 5.93. The molecule has 130 valence electrons. The fourth-order valence-corrected chi connectivity index (χ4v) is 4.52. The molecule has 4 rings (SSSR count). The number of hydrogen-bond acceptors (Lipinski definition) is 5. The summed E-state index contributed by atoms with van der Waals surface area (Å²) in [4.78, 5) is 28.2. The topological polar surface area (TPSA) is 52.6 Å². The van der Waals surface area contributed by atoms with Gasteiger partial charge in [-0.3, -0.25) is 4.79 Å². The normalized spacial score (nSPS) is 28.0. The number of piperidine rings is 1. The van der Waals surface area contributed by atoms with Gasteiger partial charge < -0.3 is 14.7 Å². The Morgan fingerprint density at radius 2 is 1.83 bits per heavy atom. The molecule has 1 aromatic heterocycles. The maximum absolute atomic E-state index is 12.9. The second kappa shape index (κ2) is 6.31. The minimum Gasteiger partial charge on any atom is -0.357 e. The summed E-state index contributed by atoms with van der Waals surface area (Å²) in [5.74, 6) is 0.977. The third-order valence-corrected chi connectivity index (χ3v) is 5.91. The number of rotatable bonds is 2. The molecule has 0 bridgehead atoms. The SMILES string of the molecule is CN1CCC2(CCN(C(=O)c3cc(N4CCCCC4)ncn3)C2)C1. The highest BCUT2D eigenvalue weighted by Crippen LogP contribution is 2.39. The maximum atomic E-state index is 12.9. The van der Waals surface area contributed by atoms with E-state index in [4.69, 9.17) is 0 Å². The van der Waals surface area contributed by atoms with E-state index in [1.165, 1.54) is 25.7 Å². The number of likely N-dealkylation sites (tertiary alicyclic amines) is 2. The maximum Gasteiger partial charge on any atom is 0.272 e. The molecule has 0 N–H and O–H groups in total. The van der Waals surface area contributed by atoms with Crippen LogP contribution in [0.5, 0.6) is 0 Å². The van der Waals surface area contributed by atoms with E-state index < -0.39 is 0 Å². The van der Waals surface area contributed by atoms with Gasteiger partial charge in [0.25, 0.3) is 5.91 Å². The third-order valence-electron chi connectivity index (χ3n) is 5.91. The molecule has 1 aromatic rings. The first-order valence-electron chi connectivity index (χ1n) is 9.20. The van der Waals surface area contributed by atoms with Crippen LogP contribution in [-0.4, -0.2) is 72.0 Å². The standard InChI is InChI=1S/C18H27N5O/c1-21-9-5-18(12-21)6-10-23(13-18)17(24)15-11-16(20-14-19-15)22-7-3-2-4-8-22/h11,14H,2-10,12-13H2,1H3. The van der Waals surface area contributed by atoms with E-state index in [0.717, 1.165) is 51.5 Å². The molecule has 0 saturated carbocycles. The number of aromatic nitrogens is 2. The Morgan fingerprint density at radius 1 is 1.04 bits per heavy atom. The summed E-state index contributed by atoms with van der Waals surface area (Å²) in [7, 11) is 2.18.